The number of hydrogen-bond acceptors (Lipinski definition) is 3. The molecule has 1 aliphatic heterocycles. The van der Waals surface area contributed by atoms with Crippen molar-refractivity contribution in [2.75, 3.05) is 13.1 Å². The average Bonchev–Trinajstić information content (AvgIpc) is 3.06. The molecule has 3 rings (SSSR count). The second kappa shape index (κ2) is 7.57. The molecule has 130 valence electrons. The van der Waals surface area contributed by atoms with Crippen LogP contribution in [0.15, 0.2) is 54.6 Å². The summed E-state index contributed by atoms with van der Waals surface area (Å²) < 4.78 is 5.32. The van der Waals surface area contributed by atoms with Gasteiger partial charge in [-0.05, 0) is 23.3 Å². The van der Waals surface area contributed by atoms with Gasteiger partial charge in [0.05, 0.1) is 5.92 Å². The normalized spacial score (nSPS) is 19.6. The zero-order valence-electron chi connectivity index (χ0n) is 13.5. The van der Waals surface area contributed by atoms with Gasteiger partial charge in [0.15, 0.2) is 0 Å². The molecule has 0 spiro atoms. The third kappa shape index (κ3) is 4.12. The lowest BCUT2D eigenvalue weighted by Crippen LogP contribution is -2.30. The molecule has 1 saturated heterocycles. The predicted molar refractivity (Wildman–Crippen MR) is 93.5 cm³/mol. The van der Waals surface area contributed by atoms with E-state index in [0.717, 1.165) is 11.1 Å². The largest absolute Gasteiger partial charge is 0.481 e. The van der Waals surface area contributed by atoms with Gasteiger partial charge >= 0.3 is 12.1 Å². The summed E-state index contributed by atoms with van der Waals surface area (Å²) >= 11 is 6.01. The molecule has 0 radical (unpaired) electrons. The maximum absolute atomic E-state index is 12.3. The highest BCUT2D eigenvalue weighted by atomic mass is 35.5. The highest BCUT2D eigenvalue weighted by Crippen LogP contribution is 2.34. The molecule has 0 aromatic heterocycles. The summed E-state index contributed by atoms with van der Waals surface area (Å²) in [6.07, 6.45) is -0.500. The SMILES string of the molecule is O=C(O)C1CN(C(=O)OCc2ccccc2)CC1c1cccc(Cl)c1. The van der Waals surface area contributed by atoms with Gasteiger partial charge in [0.2, 0.25) is 0 Å². The van der Waals surface area contributed by atoms with E-state index in [1.165, 1.54) is 4.90 Å². The fourth-order valence-corrected chi connectivity index (χ4v) is 3.29. The van der Waals surface area contributed by atoms with E-state index in [-0.39, 0.29) is 19.1 Å². The van der Waals surface area contributed by atoms with Crippen LogP contribution in [0.1, 0.15) is 17.0 Å². The van der Waals surface area contributed by atoms with Gasteiger partial charge in [-0.1, -0.05) is 54.1 Å². The molecule has 1 N–H and O–H groups in total. The summed E-state index contributed by atoms with van der Waals surface area (Å²) in [5, 5.41) is 10.1. The third-order valence-electron chi connectivity index (χ3n) is 4.38. The summed E-state index contributed by atoms with van der Waals surface area (Å²) in [5.74, 6) is -1.91. The maximum atomic E-state index is 12.3. The molecule has 0 aliphatic carbocycles. The number of likely N-dealkylation sites (tertiary alicyclic amines) is 1. The number of benzene rings is 2. The van der Waals surface area contributed by atoms with Crippen LogP contribution in [0.25, 0.3) is 0 Å². The molecule has 2 aromatic rings. The Morgan fingerprint density at radius 1 is 1.12 bits per heavy atom. The molecule has 0 saturated carbocycles. The van der Waals surface area contributed by atoms with E-state index in [0.29, 0.717) is 11.6 Å². The smallest absolute Gasteiger partial charge is 0.410 e. The van der Waals surface area contributed by atoms with E-state index in [1.807, 2.05) is 36.4 Å². The van der Waals surface area contributed by atoms with Crippen LogP contribution in [0.4, 0.5) is 4.79 Å². The number of hydrogen-bond donors (Lipinski definition) is 1. The number of nitrogens with zero attached hydrogens (tertiary/aromatic N) is 1. The Hall–Kier alpha value is -2.53. The van der Waals surface area contributed by atoms with Crippen molar-refractivity contribution in [2.45, 2.75) is 12.5 Å². The van der Waals surface area contributed by atoms with Crippen molar-refractivity contribution >= 4 is 23.7 Å². The minimum absolute atomic E-state index is 0.125. The number of aliphatic carboxylic acids is 1. The lowest BCUT2D eigenvalue weighted by atomic mass is 9.89. The Balaban J connectivity index is 1.69. The molecule has 2 aromatic carbocycles. The Morgan fingerprint density at radius 3 is 2.56 bits per heavy atom. The van der Waals surface area contributed by atoms with Crippen molar-refractivity contribution in [3.63, 3.8) is 0 Å². The minimum Gasteiger partial charge on any atom is -0.481 e. The summed E-state index contributed by atoms with van der Waals surface area (Å²) in [6.45, 7) is 0.584. The van der Waals surface area contributed by atoms with Crippen LogP contribution in [0.3, 0.4) is 0 Å². The molecule has 1 fully saturated rings. The Bertz CT molecular complexity index is 765. The molecule has 5 nitrogen and oxygen atoms in total. The Kier molecular flexibility index (Phi) is 5.24. The molecule has 25 heavy (non-hydrogen) atoms. The fourth-order valence-electron chi connectivity index (χ4n) is 3.09. The van der Waals surface area contributed by atoms with Crippen LogP contribution in [0.5, 0.6) is 0 Å². The zero-order valence-corrected chi connectivity index (χ0v) is 14.2. The van der Waals surface area contributed by atoms with E-state index in [9.17, 15) is 14.7 Å². The first kappa shape index (κ1) is 17.3. The summed E-state index contributed by atoms with van der Waals surface area (Å²) in [7, 11) is 0. The second-order valence-corrected chi connectivity index (χ2v) is 6.49. The molecule has 1 aliphatic rings. The highest BCUT2D eigenvalue weighted by molar-refractivity contribution is 6.30. The van der Waals surface area contributed by atoms with Gasteiger partial charge in [-0.2, -0.15) is 0 Å². The van der Waals surface area contributed by atoms with Crippen molar-refractivity contribution in [1.29, 1.82) is 0 Å². The molecule has 0 bridgehead atoms. The lowest BCUT2D eigenvalue weighted by Gasteiger charge is -2.16. The standard InChI is InChI=1S/C19H18ClNO4/c20-15-8-4-7-14(9-15)16-10-21(11-17(16)18(22)23)19(24)25-12-13-5-2-1-3-6-13/h1-9,16-17H,10-12H2,(H,22,23). The van der Waals surface area contributed by atoms with Crippen LogP contribution in [-0.4, -0.2) is 35.2 Å². The molecule has 6 heteroatoms. The van der Waals surface area contributed by atoms with Gasteiger partial charge in [0.1, 0.15) is 6.61 Å². The minimum atomic E-state index is -0.927. The average molecular weight is 360 g/mol. The van der Waals surface area contributed by atoms with Crippen molar-refractivity contribution in [1.82, 2.24) is 4.90 Å². The van der Waals surface area contributed by atoms with E-state index in [1.54, 1.807) is 18.2 Å². The monoisotopic (exact) mass is 359 g/mol. The number of carboxylic acids is 1. The first-order valence-electron chi connectivity index (χ1n) is 7.98. The zero-order chi connectivity index (χ0) is 17.8. The van der Waals surface area contributed by atoms with E-state index in [2.05, 4.69) is 0 Å². The van der Waals surface area contributed by atoms with E-state index in [4.69, 9.17) is 16.3 Å². The van der Waals surface area contributed by atoms with Crippen molar-refractivity contribution in [3.05, 3.63) is 70.7 Å². The number of carbonyl (C=O) groups excluding carboxylic acids is 1. The van der Waals surface area contributed by atoms with Crippen molar-refractivity contribution < 1.29 is 19.4 Å². The number of rotatable bonds is 4. The van der Waals surface area contributed by atoms with Gasteiger partial charge in [-0.3, -0.25) is 4.79 Å². The number of ether oxygens (including phenoxy) is 1. The van der Waals surface area contributed by atoms with Crippen LogP contribution in [0.2, 0.25) is 5.02 Å². The van der Waals surface area contributed by atoms with Gasteiger partial charge in [-0.25, -0.2) is 4.79 Å². The van der Waals surface area contributed by atoms with Crippen molar-refractivity contribution in [3.8, 4) is 0 Å². The number of carbonyl (C=O) groups is 2. The van der Waals surface area contributed by atoms with Crippen LogP contribution >= 0.6 is 11.6 Å². The molecule has 1 heterocycles. The lowest BCUT2D eigenvalue weighted by molar-refractivity contribution is -0.141. The maximum Gasteiger partial charge on any atom is 0.410 e. The highest BCUT2D eigenvalue weighted by Gasteiger charge is 2.41. The topological polar surface area (TPSA) is 66.8 Å². The first-order chi connectivity index (χ1) is 12.0. The van der Waals surface area contributed by atoms with E-state index < -0.39 is 18.0 Å². The summed E-state index contributed by atoms with van der Waals surface area (Å²) in [5.41, 5.74) is 1.70. The summed E-state index contributed by atoms with van der Waals surface area (Å²) in [4.78, 5) is 25.4. The number of halogens is 1. The molecular weight excluding hydrogens is 342 g/mol. The third-order valence-corrected chi connectivity index (χ3v) is 4.61. The second-order valence-electron chi connectivity index (χ2n) is 6.05. The molecule has 1 amide bonds. The van der Waals surface area contributed by atoms with Crippen LogP contribution in [0, 0.1) is 5.92 Å². The molecular formula is C19H18ClNO4. The van der Waals surface area contributed by atoms with Gasteiger partial charge in [0, 0.05) is 24.0 Å². The molecule has 2 unspecified atom stereocenters. The number of amides is 1. The van der Waals surface area contributed by atoms with Gasteiger partial charge < -0.3 is 14.7 Å². The molecule has 2 atom stereocenters. The number of carboxylic acid groups (broad SMARTS) is 1. The van der Waals surface area contributed by atoms with E-state index >= 15 is 0 Å². The van der Waals surface area contributed by atoms with Crippen LogP contribution < -0.4 is 0 Å². The Labute approximate surface area is 150 Å². The van der Waals surface area contributed by atoms with Gasteiger partial charge in [-0.15, -0.1) is 0 Å². The first-order valence-corrected chi connectivity index (χ1v) is 8.36. The Morgan fingerprint density at radius 2 is 1.88 bits per heavy atom. The quantitative estimate of drug-likeness (QED) is 0.902. The van der Waals surface area contributed by atoms with Crippen molar-refractivity contribution in [2.24, 2.45) is 5.92 Å². The predicted octanol–water partition coefficient (Wildman–Crippen LogP) is 3.78. The summed E-state index contributed by atoms with van der Waals surface area (Å²) in [6, 6.07) is 16.5. The van der Waals surface area contributed by atoms with Crippen LogP contribution in [-0.2, 0) is 16.1 Å². The van der Waals surface area contributed by atoms with Gasteiger partial charge in [0.25, 0.3) is 0 Å². The fraction of sp³-hybridized carbons (Fsp3) is 0.263.